The number of aromatic nitrogens is 3. The Morgan fingerprint density at radius 2 is 1.62 bits per heavy atom. The van der Waals surface area contributed by atoms with Crippen LogP contribution in [0.2, 0.25) is 0 Å². The molecule has 0 radical (unpaired) electrons. The Balaban J connectivity index is 2.58. The summed E-state index contributed by atoms with van der Waals surface area (Å²) in [7, 11) is 0. The highest BCUT2D eigenvalue weighted by Gasteiger charge is 2.08. The Bertz CT molecular complexity index is 520. The maximum absolute atomic E-state index is 4.36. The Morgan fingerprint density at radius 3 is 2.19 bits per heavy atom. The van der Waals surface area contributed by atoms with E-state index in [0.29, 0.717) is 5.82 Å². The predicted molar refractivity (Wildman–Crippen MR) is 70.1 cm³/mol. The van der Waals surface area contributed by atoms with Gasteiger partial charge in [0.1, 0.15) is 14.9 Å². The van der Waals surface area contributed by atoms with E-state index in [2.05, 4.69) is 52.9 Å². The molecule has 5 heteroatoms. The smallest absolute Gasteiger partial charge is 0.180 e. The predicted octanol–water partition coefficient (Wildman–Crippen LogP) is 3.68. The van der Waals surface area contributed by atoms with Gasteiger partial charge >= 0.3 is 0 Å². The monoisotopic (exact) mass is 341 g/mol. The van der Waals surface area contributed by atoms with E-state index in [9.17, 15) is 0 Å². The van der Waals surface area contributed by atoms with Crippen molar-refractivity contribution >= 4 is 31.9 Å². The molecule has 2 aromatic rings. The molecule has 2 aromatic heterocycles. The Morgan fingerprint density at radius 1 is 1.00 bits per heavy atom. The number of halogens is 2. The van der Waals surface area contributed by atoms with Gasteiger partial charge in [0.05, 0.1) is 0 Å². The number of aryl methyl sites for hydroxylation is 2. The Hall–Kier alpha value is -0.810. The number of pyridine rings is 1. The molecule has 0 fully saturated rings. The fourth-order valence-corrected chi connectivity index (χ4v) is 2.52. The molecule has 0 saturated heterocycles. The van der Waals surface area contributed by atoms with Crippen LogP contribution in [0.25, 0.3) is 11.5 Å². The number of rotatable bonds is 1. The van der Waals surface area contributed by atoms with Crippen molar-refractivity contribution < 1.29 is 0 Å². The first-order valence-corrected chi connectivity index (χ1v) is 6.28. The SMILES string of the molecule is Cc1cnc(-c2nc(Br)cc(Br)n2)c(C)c1. The maximum Gasteiger partial charge on any atom is 0.180 e. The van der Waals surface area contributed by atoms with Crippen molar-refractivity contribution in [1.29, 1.82) is 0 Å². The van der Waals surface area contributed by atoms with Crippen LogP contribution in [0.1, 0.15) is 11.1 Å². The van der Waals surface area contributed by atoms with Crippen LogP contribution in [0.3, 0.4) is 0 Å². The third kappa shape index (κ3) is 2.47. The first kappa shape index (κ1) is 11.7. The summed E-state index contributed by atoms with van der Waals surface area (Å²) in [4.78, 5) is 13.0. The molecule has 2 heterocycles. The van der Waals surface area contributed by atoms with Crippen molar-refractivity contribution in [3.05, 3.63) is 38.7 Å². The van der Waals surface area contributed by atoms with E-state index >= 15 is 0 Å². The standard InChI is InChI=1S/C11H9Br2N3/c1-6-3-7(2)10(14-5-6)11-15-8(12)4-9(13)16-11/h3-5H,1-2H3. The number of nitrogens with zero attached hydrogens (tertiary/aromatic N) is 3. The molecule has 0 bridgehead atoms. The fourth-order valence-electron chi connectivity index (χ4n) is 1.45. The topological polar surface area (TPSA) is 38.7 Å². The molecule has 82 valence electrons. The van der Waals surface area contributed by atoms with Gasteiger partial charge in [0.25, 0.3) is 0 Å². The first-order chi connectivity index (χ1) is 7.56. The summed E-state index contributed by atoms with van der Waals surface area (Å²) in [6.45, 7) is 4.02. The van der Waals surface area contributed by atoms with Gasteiger partial charge in [0.15, 0.2) is 5.82 Å². The van der Waals surface area contributed by atoms with Crippen molar-refractivity contribution in [3.63, 3.8) is 0 Å². The van der Waals surface area contributed by atoms with Crippen LogP contribution in [0.4, 0.5) is 0 Å². The van der Waals surface area contributed by atoms with Crippen molar-refractivity contribution in [3.8, 4) is 11.5 Å². The van der Waals surface area contributed by atoms with Gasteiger partial charge < -0.3 is 0 Å². The lowest BCUT2D eigenvalue weighted by Gasteiger charge is -2.05. The lowest BCUT2D eigenvalue weighted by Crippen LogP contribution is -1.96. The molecule has 0 spiro atoms. The second kappa shape index (κ2) is 4.59. The minimum absolute atomic E-state index is 0.624. The summed E-state index contributed by atoms with van der Waals surface area (Å²) in [5, 5.41) is 0. The van der Waals surface area contributed by atoms with Gasteiger partial charge in [-0.15, -0.1) is 0 Å². The van der Waals surface area contributed by atoms with Crippen LogP contribution in [0.15, 0.2) is 27.5 Å². The van der Waals surface area contributed by atoms with Gasteiger partial charge in [0, 0.05) is 12.3 Å². The van der Waals surface area contributed by atoms with Gasteiger partial charge in [-0.3, -0.25) is 4.98 Å². The van der Waals surface area contributed by atoms with Gasteiger partial charge in [-0.25, -0.2) is 9.97 Å². The highest BCUT2D eigenvalue weighted by atomic mass is 79.9. The molecule has 2 rings (SSSR count). The molecule has 0 aliphatic heterocycles. The summed E-state index contributed by atoms with van der Waals surface area (Å²) >= 11 is 6.68. The summed E-state index contributed by atoms with van der Waals surface area (Å²) in [6.07, 6.45) is 1.82. The molecule has 16 heavy (non-hydrogen) atoms. The molecule has 0 unspecified atom stereocenters. The van der Waals surface area contributed by atoms with Crippen molar-refractivity contribution in [2.24, 2.45) is 0 Å². The molecular formula is C11H9Br2N3. The summed E-state index contributed by atoms with van der Waals surface area (Å²) in [5.41, 5.74) is 3.02. The zero-order chi connectivity index (χ0) is 11.7. The van der Waals surface area contributed by atoms with E-state index < -0.39 is 0 Å². The van der Waals surface area contributed by atoms with E-state index in [1.807, 2.05) is 20.0 Å². The van der Waals surface area contributed by atoms with Gasteiger partial charge in [-0.05, 0) is 56.8 Å². The lowest BCUT2D eigenvalue weighted by molar-refractivity contribution is 1.08. The van der Waals surface area contributed by atoms with Crippen LogP contribution >= 0.6 is 31.9 Å². The third-order valence-electron chi connectivity index (χ3n) is 2.09. The lowest BCUT2D eigenvalue weighted by atomic mass is 10.1. The maximum atomic E-state index is 4.36. The van der Waals surface area contributed by atoms with Crippen LogP contribution < -0.4 is 0 Å². The molecule has 0 N–H and O–H groups in total. The molecule has 0 atom stereocenters. The minimum atomic E-state index is 0.624. The molecule has 0 amide bonds. The van der Waals surface area contributed by atoms with E-state index in [1.54, 1.807) is 6.07 Å². The van der Waals surface area contributed by atoms with Crippen molar-refractivity contribution in [1.82, 2.24) is 15.0 Å². The first-order valence-electron chi connectivity index (χ1n) is 4.70. The van der Waals surface area contributed by atoms with Gasteiger partial charge in [-0.2, -0.15) is 0 Å². The largest absolute Gasteiger partial charge is 0.252 e. The average molecular weight is 343 g/mol. The number of hydrogen-bond acceptors (Lipinski definition) is 3. The third-order valence-corrected chi connectivity index (χ3v) is 2.90. The minimum Gasteiger partial charge on any atom is -0.252 e. The zero-order valence-corrected chi connectivity index (χ0v) is 12.0. The van der Waals surface area contributed by atoms with Gasteiger partial charge in [0.2, 0.25) is 0 Å². The molecular weight excluding hydrogens is 334 g/mol. The van der Waals surface area contributed by atoms with Crippen LogP contribution in [-0.4, -0.2) is 15.0 Å². The van der Waals surface area contributed by atoms with E-state index in [0.717, 1.165) is 26.0 Å². The Labute approximate surface area is 111 Å². The normalized spacial score (nSPS) is 10.5. The number of hydrogen-bond donors (Lipinski definition) is 0. The second-order valence-corrected chi connectivity index (χ2v) is 5.14. The van der Waals surface area contributed by atoms with Crippen molar-refractivity contribution in [2.45, 2.75) is 13.8 Å². The molecule has 0 saturated carbocycles. The summed E-state index contributed by atoms with van der Waals surface area (Å²) in [5.74, 6) is 0.624. The molecule has 0 aliphatic rings. The van der Waals surface area contributed by atoms with E-state index in [-0.39, 0.29) is 0 Å². The fraction of sp³-hybridized carbons (Fsp3) is 0.182. The Kier molecular flexibility index (Phi) is 3.35. The highest BCUT2D eigenvalue weighted by molar-refractivity contribution is 9.11. The summed E-state index contributed by atoms with van der Waals surface area (Å²) < 4.78 is 1.48. The van der Waals surface area contributed by atoms with Crippen molar-refractivity contribution in [2.75, 3.05) is 0 Å². The highest BCUT2D eigenvalue weighted by Crippen LogP contribution is 2.22. The van der Waals surface area contributed by atoms with Crippen LogP contribution in [0, 0.1) is 13.8 Å². The summed E-state index contributed by atoms with van der Waals surface area (Å²) in [6, 6.07) is 3.87. The zero-order valence-electron chi connectivity index (χ0n) is 8.83. The quantitative estimate of drug-likeness (QED) is 0.742. The molecule has 0 aromatic carbocycles. The molecule has 0 aliphatic carbocycles. The van der Waals surface area contributed by atoms with E-state index in [1.165, 1.54) is 0 Å². The van der Waals surface area contributed by atoms with Crippen LogP contribution in [-0.2, 0) is 0 Å². The van der Waals surface area contributed by atoms with Gasteiger partial charge in [-0.1, -0.05) is 6.07 Å². The van der Waals surface area contributed by atoms with E-state index in [4.69, 9.17) is 0 Å². The van der Waals surface area contributed by atoms with Crippen LogP contribution in [0.5, 0.6) is 0 Å². The average Bonchev–Trinajstić information content (AvgIpc) is 2.15. The second-order valence-electron chi connectivity index (χ2n) is 3.52. The molecule has 3 nitrogen and oxygen atoms in total.